The molecular weight excluding hydrogens is 289 g/mol. The molecule has 0 saturated heterocycles. The zero-order chi connectivity index (χ0) is 16.3. The first kappa shape index (κ1) is 15.7. The van der Waals surface area contributed by atoms with Crippen LogP contribution in [0.25, 0.3) is 0 Å². The number of amides is 1. The molecule has 0 spiro atoms. The number of carboxylic acids is 1. The van der Waals surface area contributed by atoms with Gasteiger partial charge in [-0.15, -0.1) is 0 Å². The Morgan fingerprint density at radius 1 is 1.32 bits per heavy atom. The third kappa shape index (κ3) is 3.69. The lowest BCUT2D eigenvalue weighted by atomic mass is 10.2. The molecule has 2 rings (SSSR count). The Balaban J connectivity index is 2.23. The average Bonchev–Trinajstić information content (AvgIpc) is 2.79. The van der Waals surface area contributed by atoms with Gasteiger partial charge in [0.1, 0.15) is 12.4 Å². The summed E-state index contributed by atoms with van der Waals surface area (Å²) in [6.07, 6.45) is 0. The lowest BCUT2D eigenvalue weighted by molar-refractivity contribution is -0.137. The van der Waals surface area contributed by atoms with E-state index >= 15 is 0 Å². The number of carbonyl (C=O) groups is 2. The summed E-state index contributed by atoms with van der Waals surface area (Å²) in [5.41, 5.74) is 1.62. The minimum atomic E-state index is -1.12. The fourth-order valence-corrected chi connectivity index (χ4v) is 2.00. The molecule has 22 heavy (non-hydrogen) atoms. The van der Waals surface area contributed by atoms with Gasteiger partial charge in [-0.2, -0.15) is 5.10 Å². The van der Waals surface area contributed by atoms with Crippen LogP contribution in [-0.4, -0.2) is 38.2 Å². The summed E-state index contributed by atoms with van der Waals surface area (Å²) in [6.45, 7) is 1.41. The quantitative estimate of drug-likeness (QED) is 0.910. The number of carbonyl (C=O) groups excluding carboxylic acids is 1. The second-order valence-electron chi connectivity index (χ2n) is 4.98. The number of hydrogen-bond acceptors (Lipinski definition) is 3. The average molecular weight is 305 g/mol. The molecule has 1 aromatic carbocycles. The van der Waals surface area contributed by atoms with E-state index in [-0.39, 0.29) is 18.1 Å². The number of aliphatic carboxylic acids is 1. The number of carboxylic acid groups (broad SMARTS) is 1. The van der Waals surface area contributed by atoms with Crippen LogP contribution >= 0.6 is 0 Å². The first-order valence-electron chi connectivity index (χ1n) is 6.63. The smallest absolute Gasteiger partial charge is 0.323 e. The summed E-state index contributed by atoms with van der Waals surface area (Å²) < 4.78 is 14.5. The third-order valence-corrected chi connectivity index (χ3v) is 3.23. The van der Waals surface area contributed by atoms with E-state index in [1.54, 1.807) is 24.7 Å². The van der Waals surface area contributed by atoms with Gasteiger partial charge in [0.2, 0.25) is 0 Å². The van der Waals surface area contributed by atoms with E-state index in [0.717, 1.165) is 10.6 Å². The van der Waals surface area contributed by atoms with Crippen LogP contribution in [0.15, 0.2) is 30.3 Å². The third-order valence-electron chi connectivity index (χ3n) is 3.23. The maximum absolute atomic E-state index is 12.9. The second-order valence-corrected chi connectivity index (χ2v) is 4.98. The first-order chi connectivity index (χ1) is 10.4. The van der Waals surface area contributed by atoms with Crippen molar-refractivity contribution < 1.29 is 19.1 Å². The number of nitrogens with zero attached hydrogens (tertiary/aromatic N) is 3. The number of hydrogen-bond donors (Lipinski definition) is 1. The number of rotatable bonds is 5. The monoisotopic (exact) mass is 305 g/mol. The Bertz CT molecular complexity index is 675. The van der Waals surface area contributed by atoms with Crippen molar-refractivity contribution in [1.82, 2.24) is 14.7 Å². The fourth-order valence-electron chi connectivity index (χ4n) is 2.00. The summed E-state index contributed by atoms with van der Waals surface area (Å²) >= 11 is 0. The van der Waals surface area contributed by atoms with Crippen molar-refractivity contribution in [1.29, 1.82) is 0 Å². The van der Waals surface area contributed by atoms with Crippen LogP contribution < -0.4 is 0 Å². The molecule has 2 aromatic rings. The van der Waals surface area contributed by atoms with Gasteiger partial charge >= 0.3 is 5.97 Å². The van der Waals surface area contributed by atoms with Crippen LogP contribution in [-0.2, 0) is 18.4 Å². The highest BCUT2D eigenvalue weighted by Crippen LogP contribution is 2.11. The first-order valence-corrected chi connectivity index (χ1v) is 6.63. The summed E-state index contributed by atoms with van der Waals surface area (Å²) in [6, 6.07) is 7.16. The molecule has 0 saturated carbocycles. The molecule has 0 aliphatic heterocycles. The van der Waals surface area contributed by atoms with Crippen LogP contribution in [0.2, 0.25) is 0 Å². The van der Waals surface area contributed by atoms with Crippen LogP contribution in [0, 0.1) is 12.7 Å². The standard InChI is InChI=1S/C15H16FN3O3/c1-10-7-13(17-18(10)2)15(22)19(9-14(20)21)8-11-3-5-12(16)6-4-11/h3-7H,8-9H2,1-2H3,(H,20,21). The maximum atomic E-state index is 12.9. The summed E-state index contributed by atoms with van der Waals surface area (Å²) in [7, 11) is 1.70. The van der Waals surface area contributed by atoms with Gasteiger partial charge in [-0.05, 0) is 30.7 Å². The molecule has 7 heteroatoms. The predicted octanol–water partition coefficient (Wildman–Crippen LogP) is 1.59. The number of aromatic nitrogens is 2. The molecule has 0 aliphatic rings. The van der Waals surface area contributed by atoms with E-state index in [1.165, 1.54) is 24.3 Å². The normalized spacial score (nSPS) is 10.5. The van der Waals surface area contributed by atoms with Crippen molar-refractivity contribution in [3.63, 3.8) is 0 Å². The Morgan fingerprint density at radius 2 is 1.95 bits per heavy atom. The largest absolute Gasteiger partial charge is 0.480 e. The van der Waals surface area contributed by atoms with Crippen molar-refractivity contribution in [2.75, 3.05) is 6.54 Å². The zero-order valence-corrected chi connectivity index (χ0v) is 12.3. The number of halogens is 1. The van der Waals surface area contributed by atoms with Crippen LogP contribution in [0.5, 0.6) is 0 Å². The molecule has 0 aliphatic carbocycles. The van der Waals surface area contributed by atoms with Crippen LogP contribution in [0.3, 0.4) is 0 Å². The molecule has 1 heterocycles. The lowest BCUT2D eigenvalue weighted by Crippen LogP contribution is -2.35. The molecule has 116 valence electrons. The summed E-state index contributed by atoms with van der Waals surface area (Å²) in [5, 5.41) is 13.0. The second kappa shape index (κ2) is 6.38. The van der Waals surface area contributed by atoms with Gasteiger partial charge in [-0.25, -0.2) is 4.39 Å². The van der Waals surface area contributed by atoms with Gasteiger partial charge in [0, 0.05) is 19.3 Å². The SMILES string of the molecule is Cc1cc(C(=O)N(CC(=O)O)Cc2ccc(F)cc2)nn1C. The minimum Gasteiger partial charge on any atom is -0.480 e. The van der Waals surface area contributed by atoms with Crippen molar-refractivity contribution >= 4 is 11.9 Å². The Labute approximate surface area is 126 Å². The molecule has 1 aromatic heterocycles. The van der Waals surface area contributed by atoms with Crippen LogP contribution in [0.1, 0.15) is 21.7 Å². The number of benzene rings is 1. The molecule has 0 bridgehead atoms. The molecule has 0 unspecified atom stereocenters. The maximum Gasteiger partial charge on any atom is 0.323 e. The van der Waals surface area contributed by atoms with E-state index in [4.69, 9.17) is 5.11 Å². The molecule has 6 nitrogen and oxygen atoms in total. The topological polar surface area (TPSA) is 75.4 Å². The van der Waals surface area contributed by atoms with Gasteiger partial charge < -0.3 is 10.0 Å². The Morgan fingerprint density at radius 3 is 2.45 bits per heavy atom. The predicted molar refractivity (Wildman–Crippen MR) is 76.7 cm³/mol. The van der Waals surface area contributed by atoms with E-state index in [1.807, 2.05) is 0 Å². The van der Waals surface area contributed by atoms with Crippen molar-refractivity contribution in [3.8, 4) is 0 Å². The van der Waals surface area contributed by atoms with E-state index < -0.39 is 18.4 Å². The molecular formula is C15H16FN3O3. The highest BCUT2D eigenvalue weighted by Gasteiger charge is 2.21. The van der Waals surface area contributed by atoms with Crippen LogP contribution in [0.4, 0.5) is 4.39 Å². The molecule has 0 atom stereocenters. The van der Waals surface area contributed by atoms with Gasteiger partial charge in [-0.3, -0.25) is 14.3 Å². The van der Waals surface area contributed by atoms with Gasteiger partial charge in [0.05, 0.1) is 0 Å². The van der Waals surface area contributed by atoms with Crippen molar-refractivity contribution in [3.05, 3.63) is 53.1 Å². The summed E-state index contributed by atoms with van der Waals surface area (Å²) in [4.78, 5) is 24.6. The molecule has 0 fully saturated rings. The number of aryl methyl sites for hydroxylation is 2. The zero-order valence-electron chi connectivity index (χ0n) is 12.3. The lowest BCUT2D eigenvalue weighted by Gasteiger charge is -2.19. The highest BCUT2D eigenvalue weighted by molar-refractivity contribution is 5.94. The molecule has 1 N–H and O–H groups in total. The minimum absolute atomic E-state index is 0.0705. The summed E-state index contributed by atoms with van der Waals surface area (Å²) in [5.74, 6) is -1.99. The van der Waals surface area contributed by atoms with Crippen molar-refractivity contribution in [2.24, 2.45) is 7.05 Å². The van der Waals surface area contributed by atoms with Gasteiger partial charge in [0.15, 0.2) is 5.69 Å². The van der Waals surface area contributed by atoms with E-state index in [2.05, 4.69) is 5.10 Å². The van der Waals surface area contributed by atoms with Gasteiger partial charge in [0.25, 0.3) is 5.91 Å². The van der Waals surface area contributed by atoms with Crippen molar-refractivity contribution in [2.45, 2.75) is 13.5 Å². The highest BCUT2D eigenvalue weighted by atomic mass is 19.1. The molecule has 0 radical (unpaired) electrons. The fraction of sp³-hybridized carbons (Fsp3) is 0.267. The van der Waals surface area contributed by atoms with Gasteiger partial charge in [-0.1, -0.05) is 12.1 Å². The van der Waals surface area contributed by atoms with E-state index in [0.29, 0.717) is 5.56 Å². The molecule has 1 amide bonds. The van der Waals surface area contributed by atoms with E-state index in [9.17, 15) is 14.0 Å². The Hall–Kier alpha value is -2.70. The Kier molecular flexibility index (Phi) is 4.55.